The molecule has 6 nitrogen and oxygen atoms in total. The number of carbonyl (C=O) groups is 1. The van der Waals surface area contributed by atoms with E-state index in [9.17, 15) is 18.0 Å². The predicted molar refractivity (Wildman–Crippen MR) is 119 cm³/mol. The predicted octanol–water partition coefficient (Wildman–Crippen LogP) is 5.11. The topological polar surface area (TPSA) is 59.4 Å². The lowest BCUT2D eigenvalue weighted by molar-refractivity contribution is -0.141. The quantitative estimate of drug-likeness (QED) is 0.591. The van der Waals surface area contributed by atoms with Gasteiger partial charge < -0.3 is 19.5 Å². The average Bonchev–Trinajstić information content (AvgIpc) is 3.12. The van der Waals surface area contributed by atoms with Crippen LogP contribution < -0.4 is 10.1 Å². The maximum absolute atomic E-state index is 14.1. The van der Waals surface area contributed by atoms with Gasteiger partial charge in [0.15, 0.2) is 11.6 Å². The van der Waals surface area contributed by atoms with Gasteiger partial charge in [0, 0.05) is 41.9 Å². The van der Waals surface area contributed by atoms with Crippen LogP contribution in [0.1, 0.15) is 26.6 Å². The van der Waals surface area contributed by atoms with Gasteiger partial charge in [-0.3, -0.25) is 4.79 Å². The first-order chi connectivity index (χ1) is 15.6. The molecule has 1 aromatic heterocycles. The Hall–Kier alpha value is -3.49. The van der Waals surface area contributed by atoms with Crippen LogP contribution >= 0.6 is 0 Å². The molecule has 0 aliphatic carbocycles. The fourth-order valence-corrected chi connectivity index (χ4v) is 3.84. The molecular formula is C24H25F3N4O2. The van der Waals surface area contributed by atoms with E-state index in [-0.39, 0.29) is 23.2 Å². The summed E-state index contributed by atoms with van der Waals surface area (Å²) in [6.45, 7) is 6.82. The first-order valence-corrected chi connectivity index (χ1v) is 10.5. The van der Waals surface area contributed by atoms with Gasteiger partial charge in [0.1, 0.15) is 23.2 Å². The first kappa shape index (κ1) is 22.7. The second-order valence-electron chi connectivity index (χ2n) is 8.96. The highest BCUT2D eigenvalue weighted by Crippen LogP contribution is 2.35. The number of amides is 1. The molecule has 0 unspecified atom stereocenters. The van der Waals surface area contributed by atoms with Gasteiger partial charge >= 0.3 is 0 Å². The number of carbonyl (C=O) groups excluding carboxylic acids is 1. The molecule has 0 saturated carbocycles. The van der Waals surface area contributed by atoms with Crippen molar-refractivity contribution in [3.8, 4) is 17.0 Å². The lowest BCUT2D eigenvalue weighted by atomic mass is 9.94. The van der Waals surface area contributed by atoms with E-state index >= 15 is 0 Å². The lowest BCUT2D eigenvalue weighted by Gasteiger charge is -2.33. The highest BCUT2D eigenvalue weighted by atomic mass is 19.2. The molecule has 33 heavy (non-hydrogen) atoms. The van der Waals surface area contributed by atoms with Gasteiger partial charge in [-0.05, 0) is 24.3 Å². The monoisotopic (exact) mass is 458 g/mol. The van der Waals surface area contributed by atoms with Gasteiger partial charge in [0.25, 0.3) is 0 Å². The van der Waals surface area contributed by atoms with Crippen LogP contribution in [0.25, 0.3) is 11.3 Å². The van der Waals surface area contributed by atoms with Crippen LogP contribution in [-0.4, -0.2) is 34.0 Å². The number of ether oxygens (including phenoxy) is 1. The molecule has 0 atom stereocenters. The number of benzene rings is 2. The number of imidazole rings is 1. The van der Waals surface area contributed by atoms with Gasteiger partial charge in [0.2, 0.25) is 11.7 Å². The third-order valence-electron chi connectivity index (χ3n) is 5.50. The number of hydrogen-bond donors (Lipinski definition) is 1. The number of halogens is 3. The minimum Gasteiger partial charge on any atom is -0.493 e. The maximum atomic E-state index is 14.1. The van der Waals surface area contributed by atoms with Crippen LogP contribution in [0.5, 0.6) is 5.75 Å². The van der Waals surface area contributed by atoms with Crippen LogP contribution in [-0.2, 0) is 17.9 Å². The zero-order valence-corrected chi connectivity index (χ0v) is 18.9. The van der Waals surface area contributed by atoms with E-state index < -0.39 is 17.0 Å². The molecule has 174 valence electrons. The Morgan fingerprint density at radius 2 is 1.79 bits per heavy atom. The number of fused-ring (bicyclic) bond motifs is 1. The third-order valence-corrected chi connectivity index (χ3v) is 5.50. The number of nitrogens with one attached hydrogen (secondary N) is 1. The van der Waals surface area contributed by atoms with Crippen molar-refractivity contribution in [2.75, 3.05) is 19.0 Å². The fraction of sp³-hybridized carbons (Fsp3) is 0.333. The van der Waals surface area contributed by atoms with Gasteiger partial charge in [0.05, 0.1) is 13.7 Å². The highest BCUT2D eigenvalue weighted by molar-refractivity contribution is 5.82. The van der Waals surface area contributed by atoms with Crippen molar-refractivity contribution in [2.45, 2.75) is 33.9 Å². The summed E-state index contributed by atoms with van der Waals surface area (Å²) in [6.07, 6.45) is 0. The van der Waals surface area contributed by atoms with E-state index in [1.807, 2.05) is 25.3 Å². The van der Waals surface area contributed by atoms with Crippen LogP contribution in [0.3, 0.4) is 0 Å². The minimum absolute atomic E-state index is 0.0138. The van der Waals surface area contributed by atoms with E-state index in [4.69, 9.17) is 9.72 Å². The number of methoxy groups -OCH3 is 1. The van der Waals surface area contributed by atoms with E-state index in [2.05, 4.69) is 5.32 Å². The van der Waals surface area contributed by atoms with Crippen molar-refractivity contribution in [3.05, 3.63) is 59.7 Å². The van der Waals surface area contributed by atoms with Gasteiger partial charge in [-0.1, -0.05) is 20.8 Å². The molecule has 9 heteroatoms. The molecule has 4 rings (SSSR count). The molecular weight excluding hydrogens is 433 g/mol. The van der Waals surface area contributed by atoms with Crippen LogP contribution in [0.15, 0.2) is 36.4 Å². The molecule has 2 aromatic carbocycles. The van der Waals surface area contributed by atoms with E-state index in [0.29, 0.717) is 42.5 Å². The largest absolute Gasteiger partial charge is 0.493 e. The molecule has 3 aromatic rings. The number of aromatic nitrogens is 2. The molecule has 0 saturated heterocycles. The van der Waals surface area contributed by atoms with Crippen molar-refractivity contribution < 1.29 is 22.7 Å². The summed E-state index contributed by atoms with van der Waals surface area (Å²) in [5.74, 6) is -1.57. The summed E-state index contributed by atoms with van der Waals surface area (Å²) in [5.41, 5.74) is 0.894. The molecule has 1 aliphatic heterocycles. The Morgan fingerprint density at radius 3 is 2.42 bits per heavy atom. The number of nitrogens with zero attached hydrogens (tertiary/aromatic N) is 3. The second-order valence-corrected chi connectivity index (χ2v) is 8.96. The Labute approximate surface area is 190 Å². The Bertz CT molecular complexity index is 1200. The second kappa shape index (κ2) is 8.46. The maximum Gasteiger partial charge on any atom is 0.228 e. The zero-order valence-electron chi connectivity index (χ0n) is 18.9. The highest BCUT2D eigenvalue weighted by Gasteiger charge is 2.32. The van der Waals surface area contributed by atoms with E-state index in [1.54, 1.807) is 17.0 Å². The number of hydrogen-bond acceptors (Lipinski definition) is 4. The molecule has 0 radical (unpaired) electrons. The van der Waals surface area contributed by atoms with E-state index in [0.717, 1.165) is 6.07 Å². The number of anilines is 2. The van der Waals surface area contributed by atoms with Crippen molar-refractivity contribution >= 4 is 17.4 Å². The Kier molecular flexibility index (Phi) is 5.82. The minimum atomic E-state index is -1.08. The smallest absolute Gasteiger partial charge is 0.228 e. The SMILES string of the molecule is COc1cc(Nc2c(-c3ccc(F)cc3)nc3n2CCN(C(=O)C(C)(C)C)C3)cc(F)c1F. The Morgan fingerprint density at radius 1 is 1.09 bits per heavy atom. The third kappa shape index (κ3) is 4.40. The van der Waals surface area contributed by atoms with E-state index in [1.165, 1.54) is 25.3 Å². The van der Waals surface area contributed by atoms with Crippen molar-refractivity contribution in [1.29, 1.82) is 0 Å². The molecule has 0 spiro atoms. The molecule has 0 fully saturated rings. The van der Waals surface area contributed by atoms with Gasteiger partial charge in [-0.25, -0.2) is 13.8 Å². The zero-order chi connectivity index (χ0) is 23.9. The first-order valence-electron chi connectivity index (χ1n) is 10.5. The molecule has 1 amide bonds. The van der Waals surface area contributed by atoms with Crippen molar-refractivity contribution in [3.63, 3.8) is 0 Å². The van der Waals surface area contributed by atoms with Crippen LogP contribution in [0, 0.1) is 22.9 Å². The van der Waals surface area contributed by atoms with Crippen molar-refractivity contribution in [1.82, 2.24) is 14.5 Å². The standard InChI is InChI=1S/C24H25F3N4O2/c1-24(2,3)23(32)30-9-10-31-19(13-30)29-21(14-5-7-15(25)8-6-14)22(31)28-16-11-17(26)20(27)18(12-16)33-4/h5-8,11-12,28H,9-10,13H2,1-4H3. The fourth-order valence-electron chi connectivity index (χ4n) is 3.84. The summed E-state index contributed by atoms with van der Waals surface area (Å²) >= 11 is 0. The summed E-state index contributed by atoms with van der Waals surface area (Å²) in [5, 5.41) is 3.13. The molecule has 1 aliphatic rings. The van der Waals surface area contributed by atoms with Crippen LogP contribution in [0.2, 0.25) is 0 Å². The average molecular weight is 458 g/mol. The van der Waals surface area contributed by atoms with Crippen LogP contribution in [0.4, 0.5) is 24.7 Å². The summed E-state index contributed by atoms with van der Waals surface area (Å²) in [7, 11) is 1.26. The van der Waals surface area contributed by atoms with Gasteiger partial charge in [-0.2, -0.15) is 4.39 Å². The normalized spacial score (nSPS) is 13.6. The molecule has 1 N–H and O–H groups in total. The molecule has 0 bridgehead atoms. The summed E-state index contributed by atoms with van der Waals surface area (Å²) < 4.78 is 48.4. The molecule has 2 heterocycles. The number of rotatable bonds is 4. The summed E-state index contributed by atoms with van der Waals surface area (Å²) in [6, 6.07) is 8.23. The van der Waals surface area contributed by atoms with Crippen molar-refractivity contribution in [2.24, 2.45) is 5.41 Å². The lowest BCUT2D eigenvalue weighted by Crippen LogP contribution is -2.44. The summed E-state index contributed by atoms with van der Waals surface area (Å²) in [4.78, 5) is 19.3. The van der Waals surface area contributed by atoms with Gasteiger partial charge in [-0.15, -0.1) is 0 Å². The Balaban J connectivity index is 1.78.